The molecule has 4 rings (SSSR count). The van der Waals surface area contributed by atoms with E-state index in [1.807, 2.05) is 19.1 Å². The molecule has 1 heterocycles. The maximum atomic E-state index is 13.6. The van der Waals surface area contributed by atoms with Crippen LogP contribution in [0.1, 0.15) is 35.4 Å². The van der Waals surface area contributed by atoms with Crippen LogP contribution >= 0.6 is 0 Å². The van der Waals surface area contributed by atoms with E-state index in [1.54, 1.807) is 36.4 Å². The number of halogens is 2. The van der Waals surface area contributed by atoms with E-state index in [9.17, 15) is 17.2 Å². The van der Waals surface area contributed by atoms with E-state index < -0.39 is 10.2 Å². The van der Waals surface area contributed by atoms with Gasteiger partial charge in [-0.05, 0) is 73.2 Å². The summed E-state index contributed by atoms with van der Waals surface area (Å²) in [5, 5.41) is 0. The fraction of sp³-hybridized carbons (Fsp3) is 0.280. The van der Waals surface area contributed by atoms with Crippen LogP contribution < -0.4 is 4.72 Å². The zero-order chi connectivity index (χ0) is 22.7. The summed E-state index contributed by atoms with van der Waals surface area (Å²) in [6.07, 6.45) is 1.52. The first-order chi connectivity index (χ1) is 15.3. The molecule has 32 heavy (non-hydrogen) atoms. The van der Waals surface area contributed by atoms with E-state index >= 15 is 0 Å². The van der Waals surface area contributed by atoms with Gasteiger partial charge in [-0.25, -0.2) is 8.78 Å². The highest BCUT2D eigenvalue weighted by Crippen LogP contribution is 2.38. The van der Waals surface area contributed by atoms with Crippen molar-refractivity contribution in [3.8, 4) is 0 Å². The van der Waals surface area contributed by atoms with Gasteiger partial charge in [0, 0.05) is 24.7 Å². The second-order valence-electron chi connectivity index (χ2n) is 8.31. The van der Waals surface area contributed by atoms with Gasteiger partial charge in [-0.15, -0.1) is 0 Å². The van der Waals surface area contributed by atoms with Gasteiger partial charge in [-0.1, -0.05) is 42.0 Å². The first kappa shape index (κ1) is 22.4. The summed E-state index contributed by atoms with van der Waals surface area (Å²) in [7, 11) is -3.73. The van der Waals surface area contributed by atoms with Crippen molar-refractivity contribution >= 4 is 15.9 Å². The molecule has 3 aromatic carbocycles. The van der Waals surface area contributed by atoms with Gasteiger partial charge in [0.1, 0.15) is 11.6 Å². The summed E-state index contributed by atoms with van der Waals surface area (Å²) >= 11 is 0. The summed E-state index contributed by atoms with van der Waals surface area (Å²) in [5.74, 6) is -0.869. The largest absolute Gasteiger partial charge is 0.301 e. The Hall–Kier alpha value is -2.77. The second-order valence-corrected chi connectivity index (χ2v) is 9.98. The van der Waals surface area contributed by atoms with Crippen molar-refractivity contribution in [3.05, 3.63) is 101 Å². The van der Waals surface area contributed by atoms with Crippen molar-refractivity contribution in [1.29, 1.82) is 0 Å². The van der Waals surface area contributed by atoms with E-state index in [0.29, 0.717) is 25.2 Å². The highest BCUT2D eigenvalue weighted by molar-refractivity contribution is 7.90. The van der Waals surface area contributed by atoms with Crippen LogP contribution in [0.4, 0.5) is 14.5 Å². The van der Waals surface area contributed by atoms with Crippen LogP contribution in [0.2, 0.25) is 0 Å². The van der Waals surface area contributed by atoms with Crippen LogP contribution in [-0.2, 0) is 10.2 Å². The third-order valence-electron chi connectivity index (χ3n) is 5.99. The van der Waals surface area contributed by atoms with E-state index in [2.05, 4.69) is 4.72 Å². The maximum Gasteiger partial charge on any atom is 0.301 e. The third-order valence-corrected chi connectivity index (χ3v) is 7.49. The molecular formula is C25H26F2N2O2S. The normalized spacial score (nSPS) is 17.4. The highest BCUT2D eigenvalue weighted by atomic mass is 32.2. The van der Waals surface area contributed by atoms with Gasteiger partial charge in [0.2, 0.25) is 0 Å². The Labute approximate surface area is 188 Å². The van der Waals surface area contributed by atoms with Crippen LogP contribution in [0.15, 0.2) is 72.8 Å². The molecule has 0 aliphatic carbocycles. The number of nitrogens with zero attached hydrogens (tertiary/aromatic N) is 1. The fourth-order valence-electron chi connectivity index (χ4n) is 4.38. The van der Waals surface area contributed by atoms with Crippen LogP contribution in [0.25, 0.3) is 0 Å². The summed E-state index contributed by atoms with van der Waals surface area (Å²) in [5.41, 5.74) is 3.33. The minimum absolute atomic E-state index is 0.0331. The number of anilines is 1. The second kappa shape index (κ2) is 9.38. The first-order valence-corrected chi connectivity index (χ1v) is 12.1. The number of hydrogen-bond acceptors (Lipinski definition) is 2. The molecule has 0 spiro atoms. The smallest absolute Gasteiger partial charge is 0.271 e. The quantitative estimate of drug-likeness (QED) is 0.534. The van der Waals surface area contributed by atoms with Crippen molar-refractivity contribution in [2.45, 2.75) is 25.7 Å². The zero-order valence-electron chi connectivity index (χ0n) is 17.8. The number of nitrogens with one attached hydrogen (secondary N) is 1. The van der Waals surface area contributed by atoms with Crippen LogP contribution in [0, 0.1) is 24.5 Å². The topological polar surface area (TPSA) is 49.4 Å². The molecule has 0 aromatic heterocycles. The summed E-state index contributed by atoms with van der Waals surface area (Å²) in [6, 6.07) is 19.7. The zero-order valence-corrected chi connectivity index (χ0v) is 18.7. The number of hydrogen-bond donors (Lipinski definition) is 1. The third kappa shape index (κ3) is 5.16. The van der Waals surface area contributed by atoms with Crippen molar-refractivity contribution in [2.75, 3.05) is 17.8 Å². The average molecular weight is 457 g/mol. The predicted molar refractivity (Wildman–Crippen MR) is 123 cm³/mol. The lowest BCUT2D eigenvalue weighted by Crippen LogP contribution is -2.44. The van der Waals surface area contributed by atoms with E-state index in [0.717, 1.165) is 23.1 Å². The molecule has 1 aliphatic rings. The molecule has 0 amide bonds. The lowest BCUT2D eigenvalue weighted by atomic mass is 9.77. The molecule has 1 N–H and O–H groups in total. The Morgan fingerprint density at radius 3 is 1.94 bits per heavy atom. The molecular weight excluding hydrogens is 430 g/mol. The predicted octanol–water partition coefficient (Wildman–Crippen LogP) is 5.47. The SMILES string of the molecule is Cc1ccc(NS(=O)(=O)N2CCC[C@@H](C(c3ccc(F)cc3)c3ccc(F)cc3)C2)cc1. The molecule has 0 unspecified atom stereocenters. The summed E-state index contributed by atoms with van der Waals surface area (Å²) < 4.78 is 57.4. The molecule has 0 bridgehead atoms. The van der Waals surface area contributed by atoms with Gasteiger partial charge in [0.25, 0.3) is 0 Å². The van der Waals surface area contributed by atoms with Crippen molar-refractivity contribution < 1.29 is 17.2 Å². The summed E-state index contributed by atoms with van der Waals surface area (Å²) in [6.45, 7) is 2.69. The van der Waals surface area contributed by atoms with Gasteiger partial charge in [0.05, 0.1) is 0 Å². The molecule has 1 aliphatic heterocycles. The highest BCUT2D eigenvalue weighted by Gasteiger charge is 2.34. The van der Waals surface area contributed by atoms with E-state index in [1.165, 1.54) is 28.6 Å². The Bertz CT molecular complexity index is 1100. The number of rotatable bonds is 6. The van der Waals surface area contributed by atoms with Crippen molar-refractivity contribution in [3.63, 3.8) is 0 Å². The molecule has 4 nitrogen and oxygen atoms in total. The molecule has 1 fully saturated rings. The standard InChI is InChI=1S/C25H26F2N2O2S/c1-18-4-14-24(15-5-18)28-32(30,31)29-16-2-3-21(17-29)25(19-6-10-22(26)11-7-19)20-8-12-23(27)13-9-20/h4-15,21,25,28H,2-3,16-17H2,1H3/t21-/m1/s1. The Morgan fingerprint density at radius 2 is 1.41 bits per heavy atom. The van der Waals surface area contributed by atoms with Gasteiger partial charge >= 0.3 is 10.2 Å². The minimum Gasteiger partial charge on any atom is -0.271 e. The minimum atomic E-state index is -3.73. The van der Waals surface area contributed by atoms with Gasteiger partial charge in [0.15, 0.2) is 0 Å². The van der Waals surface area contributed by atoms with Crippen LogP contribution in [0.3, 0.4) is 0 Å². The van der Waals surface area contributed by atoms with Gasteiger partial charge in [-0.2, -0.15) is 12.7 Å². The Balaban J connectivity index is 1.61. The van der Waals surface area contributed by atoms with E-state index in [-0.39, 0.29) is 23.5 Å². The Kier molecular flexibility index (Phi) is 6.58. The van der Waals surface area contributed by atoms with Crippen molar-refractivity contribution in [1.82, 2.24) is 4.31 Å². The molecule has 168 valence electrons. The van der Waals surface area contributed by atoms with Crippen LogP contribution in [-0.4, -0.2) is 25.8 Å². The van der Waals surface area contributed by atoms with E-state index in [4.69, 9.17) is 0 Å². The molecule has 1 saturated heterocycles. The number of piperidine rings is 1. The fourth-order valence-corrected chi connectivity index (χ4v) is 5.70. The van der Waals surface area contributed by atoms with Gasteiger partial charge in [-0.3, -0.25) is 4.72 Å². The van der Waals surface area contributed by atoms with Gasteiger partial charge < -0.3 is 0 Å². The molecule has 1 atom stereocenters. The lowest BCUT2D eigenvalue weighted by Gasteiger charge is -2.37. The lowest BCUT2D eigenvalue weighted by molar-refractivity contribution is 0.250. The van der Waals surface area contributed by atoms with Crippen molar-refractivity contribution in [2.24, 2.45) is 5.92 Å². The number of benzene rings is 3. The summed E-state index contributed by atoms with van der Waals surface area (Å²) in [4.78, 5) is 0. The first-order valence-electron chi connectivity index (χ1n) is 10.7. The molecule has 7 heteroatoms. The maximum absolute atomic E-state index is 13.6. The molecule has 0 saturated carbocycles. The average Bonchev–Trinajstić information content (AvgIpc) is 2.78. The van der Waals surface area contributed by atoms with Crippen LogP contribution in [0.5, 0.6) is 0 Å². The monoisotopic (exact) mass is 456 g/mol. The Morgan fingerprint density at radius 1 is 0.875 bits per heavy atom. The number of aryl methyl sites for hydroxylation is 1. The molecule has 0 radical (unpaired) electrons. The molecule has 3 aromatic rings.